The van der Waals surface area contributed by atoms with Crippen molar-refractivity contribution in [3.63, 3.8) is 0 Å². The van der Waals surface area contributed by atoms with Crippen LogP contribution in [-0.4, -0.2) is 31.4 Å². The van der Waals surface area contributed by atoms with Gasteiger partial charge in [0.05, 0.1) is 23.7 Å². The van der Waals surface area contributed by atoms with Crippen LogP contribution in [0.5, 0.6) is 0 Å². The van der Waals surface area contributed by atoms with E-state index in [0.29, 0.717) is 11.2 Å². The van der Waals surface area contributed by atoms with Crippen LogP contribution in [-0.2, 0) is 4.79 Å². The molecule has 0 unspecified atom stereocenters. The number of hydrogen-bond donors (Lipinski definition) is 1. The Bertz CT molecular complexity index is 950. The van der Waals surface area contributed by atoms with Crippen molar-refractivity contribution in [2.75, 3.05) is 11.1 Å². The first-order chi connectivity index (χ1) is 13.7. The second-order valence-electron chi connectivity index (χ2n) is 6.98. The minimum atomic E-state index is -0.0730. The standard InChI is InChI=1S/C21H23N5OS/c1-15-13-18(16-7-3-2-4-8-16)24-21(23-15)28-14-20(27)25-19-11-12-22-26(19)17-9-5-6-10-17/h2-4,7-8,11-13,17H,5-6,9-10,14H2,1H3,(H,25,27). The number of nitrogens with one attached hydrogen (secondary N) is 1. The van der Waals surface area contributed by atoms with Crippen molar-refractivity contribution in [3.05, 3.63) is 54.4 Å². The minimum Gasteiger partial charge on any atom is -0.310 e. The van der Waals surface area contributed by atoms with Crippen LogP contribution in [0.1, 0.15) is 37.4 Å². The number of nitrogens with zero attached hydrogens (tertiary/aromatic N) is 4. The summed E-state index contributed by atoms with van der Waals surface area (Å²) in [6, 6.07) is 14.2. The van der Waals surface area contributed by atoms with Crippen molar-refractivity contribution in [2.24, 2.45) is 0 Å². The van der Waals surface area contributed by atoms with Crippen molar-refractivity contribution < 1.29 is 4.79 Å². The second-order valence-corrected chi connectivity index (χ2v) is 7.92. The quantitative estimate of drug-likeness (QED) is 0.493. The van der Waals surface area contributed by atoms with Crippen molar-refractivity contribution in [2.45, 2.75) is 43.8 Å². The van der Waals surface area contributed by atoms with Crippen LogP contribution >= 0.6 is 11.8 Å². The highest BCUT2D eigenvalue weighted by Crippen LogP contribution is 2.31. The van der Waals surface area contributed by atoms with E-state index in [9.17, 15) is 4.79 Å². The molecule has 4 rings (SSSR count). The third-order valence-electron chi connectivity index (χ3n) is 4.84. The van der Waals surface area contributed by atoms with Gasteiger partial charge in [-0.25, -0.2) is 14.6 Å². The number of carbonyl (C=O) groups is 1. The summed E-state index contributed by atoms with van der Waals surface area (Å²) in [5, 5.41) is 7.99. The van der Waals surface area contributed by atoms with Gasteiger partial charge in [-0.2, -0.15) is 5.10 Å². The van der Waals surface area contributed by atoms with E-state index in [-0.39, 0.29) is 11.7 Å². The van der Waals surface area contributed by atoms with Crippen LogP contribution in [0.2, 0.25) is 0 Å². The molecule has 1 aromatic carbocycles. The molecule has 1 fully saturated rings. The number of thioether (sulfide) groups is 1. The summed E-state index contributed by atoms with van der Waals surface area (Å²) in [4.78, 5) is 21.5. The number of aryl methyl sites for hydroxylation is 1. The lowest BCUT2D eigenvalue weighted by molar-refractivity contribution is -0.113. The van der Waals surface area contributed by atoms with Crippen molar-refractivity contribution >= 4 is 23.5 Å². The molecule has 2 heterocycles. The number of benzene rings is 1. The lowest BCUT2D eigenvalue weighted by Crippen LogP contribution is -2.19. The fourth-order valence-electron chi connectivity index (χ4n) is 3.52. The SMILES string of the molecule is Cc1cc(-c2ccccc2)nc(SCC(=O)Nc2ccnn2C2CCCC2)n1. The summed E-state index contributed by atoms with van der Waals surface area (Å²) in [6.45, 7) is 1.94. The molecule has 0 bridgehead atoms. The van der Waals surface area contributed by atoms with Gasteiger partial charge in [-0.15, -0.1) is 0 Å². The minimum absolute atomic E-state index is 0.0730. The summed E-state index contributed by atoms with van der Waals surface area (Å²) in [5.41, 5.74) is 2.80. The molecule has 0 aliphatic heterocycles. The van der Waals surface area contributed by atoms with Gasteiger partial charge in [0.2, 0.25) is 5.91 Å². The fourth-order valence-corrected chi connectivity index (χ4v) is 4.23. The Morgan fingerprint density at radius 3 is 2.75 bits per heavy atom. The van der Waals surface area contributed by atoms with Gasteiger partial charge in [0.1, 0.15) is 5.82 Å². The van der Waals surface area contributed by atoms with E-state index < -0.39 is 0 Å². The maximum atomic E-state index is 12.5. The molecule has 1 aliphatic carbocycles. The van der Waals surface area contributed by atoms with Gasteiger partial charge in [0.15, 0.2) is 5.16 Å². The lowest BCUT2D eigenvalue weighted by atomic mass is 10.1. The average molecular weight is 394 g/mol. The molecular formula is C21H23N5OS. The summed E-state index contributed by atoms with van der Waals surface area (Å²) in [6.07, 6.45) is 6.44. The van der Waals surface area contributed by atoms with Crippen LogP contribution < -0.4 is 5.32 Å². The zero-order valence-corrected chi connectivity index (χ0v) is 16.7. The zero-order valence-electron chi connectivity index (χ0n) is 15.8. The highest BCUT2D eigenvalue weighted by molar-refractivity contribution is 7.99. The smallest absolute Gasteiger partial charge is 0.235 e. The van der Waals surface area contributed by atoms with Crippen LogP contribution in [0.15, 0.2) is 53.8 Å². The Morgan fingerprint density at radius 2 is 1.96 bits per heavy atom. The number of rotatable bonds is 6. The Kier molecular flexibility index (Phi) is 5.71. The molecule has 1 amide bonds. The van der Waals surface area contributed by atoms with E-state index >= 15 is 0 Å². The van der Waals surface area contributed by atoms with E-state index in [0.717, 1.165) is 35.6 Å². The molecule has 28 heavy (non-hydrogen) atoms. The van der Waals surface area contributed by atoms with Crippen LogP contribution in [0.4, 0.5) is 5.82 Å². The molecule has 6 nitrogen and oxygen atoms in total. The molecule has 144 valence electrons. The molecule has 0 spiro atoms. The van der Waals surface area contributed by atoms with E-state index in [4.69, 9.17) is 0 Å². The summed E-state index contributed by atoms with van der Waals surface area (Å²) in [5.74, 6) is 0.955. The third kappa shape index (κ3) is 4.42. The number of aromatic nitrogens is 4. The molecule has 1 N–H and O–H groups in total. The number of amides is 1. The van der Waals surface area contributed by atoms with Gasteiger partial charge in [-0.05, 0) is 25.8 Å². The van der Waals surface area contributed by atoms with Gasteiger partial charge >= 0.3 is 0 Å². The first kappa shape index (κ1) is 18.7. The zero-order chi connectivity index (χ0) is 19.3. The summed E-state index contributed by atoms with van der Waals surface area (Å²) >= 11 is 1.35. The largest absolute Gasteiger partial charge is 0.310 e. The van der Waals surface area contributed by atoms with E-state index in [1.807, 2.05) is 54.1 Å². The van der Waals surface area contributed by atoms with Gasteiger partial charge in [0, 0.05) is 17.3 Å². The molecule has 1 saturated carbocycles. The fraction of sp³-hybridized carbons (Fsp3) is 0.333. The first-order valence-corrected chi connectivity index (χ1v) is 10.5. The van der Waals surface area contributed by atoms with E-state index in [1.54, 1.807) is 6.20 Å². The molecule has 0 radical (unpaired) electrons. The average Bonchev–Trinajstić information content (AvgIpc) is 3.38. The molecule has 1 aliphatic rings. The van der Waals surface area contributed by atoms with E-state index in [1.165, 1.54) is 24.6 Å². The highest BCUT2D eigenvalue weighted by atomic mass is 32.2. The Labute approximate surface area is 168 Å². The van der Waals surface area contributed by atoms with Gasteiger partial charge in [-0.3, -0.25) is 4.79 Å². The molecular weight excluding hydrogens is 370 g/mol. The maximum absolute atomic E-state index is 12.5. The van der Waals surface area contributed by atoms with E-state index in [2.05, 4.69) is 20.4 Å². The van der Waals surface area contributed by atoms with Crippen LogP contribution in [0.25, 0.3) is 11.3 Å². The first-order valence-electron chi connectivity index (χ1n) is 9.56. The van der Waals surface area contributed by atoms with Gasteiger partial charge in [-0.1, -0.05) is 54.9 Å². The third-order valence-corrected chi connectivity index (χ3v) is 5.69. The normalized spacial score (nSPS) is 14.3. The number of anilines is 1. The second kappa shape index (κ2) is 8.56. The number of hydrogen-bond acceptors (Lipinski definition) is 5. The van der Waals surface area contributed by atoms with Crippen molar-refractivity contribution in [1.29, 1.82) is 0 Å². The number of carbonyl (C=O) groups excluding carboxylic acids is 1. The molecule has 0 atom stereocenters. The van der Waals surface area contributed by atoms with Crippen LogP contribution in [0.3, 0.4) is 0 Å². The van der Waals surface area contributed by atoms with Crippen molar-refractivity contribution in [1.82, 2.24) is 19.7 Å². The molecule has 0 saturated heterocycles. The molecule has 3 aromatic rings. The lowest BCUT2D eigenvalue weighted by Gasteiger charge is -2.14. The topological polar surface area (TPSA) is 72.7 Å². The Hall–Kier alpha value is -2.67. The molecule has 7 heteroatoms. The summed E-state index contributed by atoms with van der Waals surface area (Å²) < 4.78 is 1.95. The Balaban J connectivity index is 1.40. The summed E-state index contributed by atoms with van der Waals surface area (Å²) in [7, 11) is 0. The highest BCUT2D eigenvalue weighted by Gasteiger charge is 2.20. The predicted molar refractivity (Wildman–Crippen MR) is 111 cm³/mol. The predicted octanol–water partition coefficient (Wildman–Crippen LogP) is 4.49. The monoisotopic (exact) mass is 393 g/mol. The van der Waals surface area contributed by atoms with Gasteiger partial charge < -0.3 is 5.32 Å². The van der Waals surface area contributed by atoms with Crippen molar-refractivity contribution in [3.8, 4) is 11.3 Å². The maximum Gasteiger partial charge on any atom is 0.235 e. The van der Waals surface area contributed by atoms with Gasteiger partial charge in [0.25, 0.3) is 0 Å². The Morgan fingerprint density at radius 1 is 1.18 bits per heavy atom. The van der Waals surface area contributed by atoms with Crippen LogP contribution in [0, 0.1) is 6.92 Å². The molecule has 2 aromatic heterocycles.